The van der Waals surface area contributed by atoms with E-state index in [1.807, 2.05) is 31.2 Å². The van der Waals surface area contributed by atoms with Crippen molar-refractivity contribution in [3.05, 3.63) is 41.5 Å². The molecular formula is C21H22O5. The van der Waals surface area contributed by atoms with Crippen molar-refractivity contribution in [2.45, 2.75) is 39.5 Å². The van der Waals surface area contributed by atoms with Crippen molar-refractivity contribution >= 4 is 28.3 Å². The van der Waals surface area contributed by atoms with Gasteiger partial charge in [0.05, 0.1) is 0 Å². The Balaban J connectivity index is 2.10. The summed E-state index contributed by atoms with van der Waals surface area (Å²) in [5.74, 6) is -0.405. The number of aliphatic carboxylic acids is 1. The third-order valence-electron chi connectivity index (χ3n) is 5.31. The second-order valence-corrected chi connectivity index (χ2v) is 6.98. The molecule has 0 aromatic heterocycles. The molecule has 5 nitrogen and oxygen atoms in total. The number of carbonyl (C=O) groups excluding carboxylic acids is 2. The van der Waals surface area contributed by atoms with E-state index in [9.17, 15) is 14.4 Å². The minimum absolute atomic E-state index is 0.0805. The average Bonchev–Trinajstić information content (AvgIpc) is 2.90. The van der Waals surface area contributed by atoms with E-state index in [1.54, 1.807) is 13.0 Å². The second kappa shape index (κ2) is 6.90. The Hall–Kier alpha value is -2.69. The summed E-state index contributed by atoms with van der Waals surface area (Å²) in [6, 6.07) is 9.20. The first-order chi connectivity index (χ1) is 12.4. The third kappa shape index (κ3) is 3.09. The summed E-state index contributed by atoms with van der Waals surface area (Å²) < 4.78 is 5.48. The van der Waals surface area contributed by atoms with E-state index in [0.717, 1.165) is 16.3 Å². The Bertz CT molecular complexity index is 899. The van der Waals surface area contributed by atoms with Crippen LogP contribution in [-0.2, 0) is 16.0 Å². The van der Waals surface area contributed by atoms with Crippen LogP contribution in [0.3, 0.4) is 0 Å². The van der Waals surface area contributed by atoms with Gasteiger partial charge in [-0.05, 0) is 43.2 Å². The van der Waals surface area contributed by atoms with Gasteiger partial charge in [0.15, 0.2) is 12.4 Å². The van der Waals surface area contributed by atoms with Gasteiger partial charge in [-0.15, -0.1) is 0 Å². The Morgan fingerprint density at radius 3 is 2.54 bits per heavy atom. The third-order valence-corrected chi connectivity index (χ3v) is 5.31. The van der Waals surface area contributed by atoms with E-state index in [0.29, 0.717) is 37.0 Å². The summed E-state index contributed by atoms with van der Waals surface area (Å²) in [7, 11) is 0. The van der Waals surface area contributed by atoms with Crippen molar-refractivity contribution in [1.29, 1.82) is 0 Å². The van der Waals surface area contributed by atoms with Gasteiger partial charge in [0, 0.05) is 22.8 Å². The average molecular weight is 354 g/mol. The van der Waals surface area contributed by atoms with Crippen molar-refractivity contribution in [2.75, 3.05) is 6.61 Å². The zero-order chi connectivity index (χ0) is 18.9. The van der Waals surface area contributed by atoms with Crippen molar-refractivity contribution in [2.24, 2.45) is 5.41 Å². The molecule has 1 aliphatic carbocycles. The molecule has 5 heteroatoms. The van der Waals surface area contributed by atoms with E-state index in [2.05, 4.69) is 0 Å². The number of hydrogen-bond donors (Lipinski definition) is 1. The Morgan fingerprint density at radius 2 is 1.92 bits per heavy atom. The maximum atomic E-state index is 13.3. The van der Waals surface area contributed by atoms with E-state index >= 15 is 0 Å². The van der Waals surface area contributed by atoms with Crippen molar-refractivity contribution < 1.29 is 24.2 Å². The number of fused-ring (bicyclic) bond motifs is 3. The fourth-order valence-corrected chi connectivity index (χ4v) is 3.85. The van der Waals surface area contributed by atoms with Gasteiger partial charge in [-0.3, -0.25) is 4.79 Å². The molecule has 0 bridgehead atoms. The maximum absolute atomic E-state index is 13.3. The monoisotopic (exact) mass is 354 g/mol. The maximum Gasteiger partial charge on any atom is 0.341 e. The largest absolute Gasteiger partial charge is 0.481 e. The molecular weight excluding hydrogens is 332 g/mol. The summed E-state index contributed by atoms with van der Waals surface area (Å²) in [5, 5.41) is 10.4. The molecule has 0 aliphatic heterocycles. The SMILES string of the molecule is CCC1(CCC(C)=O)Cc2cc(OCC(=O)O)c3ccccc3c2C1=O. The topological polar surface area (TPSA) is 80.7 Å². The lowest BCUT2D eigenvalue weighted by atomic mass is 9.76. The van der Waals surface area contributed by atoms with Crippen molar-refractivity contribution in [1.82, 2.24) is 0 Å². The minimum atomic E-state index is -1.05. The number of benzene rings is 2. The summed E-state index contributed by atoms with van der Waals surface area (Å²) in [4.78, 5) is 35.7. The fourth-order valence-electron chi connectivity index (χ4n) is 3.85. The number of ether oxygens (including phenoxy) is 1. The van der Waals surface area contributed by atoms with E-state index in [1.165, 1.54) is 0 Å². The van der Waals surface area contributed by atoms with Gasteiger partial charge in [0.25, 0.3) is 0 Å². The van der Waals surface area contributed by atoms with Crippen LogP contribution in [0, 0.1) is 5.41 Å². The molecule has 1 unspecified atom stereocenters. The van der Waals surface area contributed by atoms with E-state index in [4.69, 9.17) is 9.84 Å². The molecule has 26 heavy (non-hydrogen) atoms. The van der Waals surface area contributed by atoms with Crippen LogP contribution in [0.25, 0.3) is 10.8 Å². The van der Waals surface area contributed by atoms with Crippen LogP contribution >= 0.6 is 0 Å². The highest BCUT2D eigenvalue weighted by atomic mass is 16.5. The van der Waals surface area contributed by atoms with Gasteiger partial charge in [0.2, 0.25) is 0 Å². The number of carboxylic acid groups (broad SMARTS) is 1. The van der Waals surface area contributed by atoms with Crippen LogP contribution in [0.15, 0.2) is 30.3 Å². The predicted octanol–water partition coefficient (Wildman–Crippen LogP) is 3.81. The molecule has 0 amide bonds. The zero-order valence-corrected chi connectivity index (χ0v) is 15.0. The van der Waals surface area contributed by atoms with Crippen LogP contribution < -0.4 is 4.74 Å². The van der Waals surface area contributed by atoms with Gasteiger partial charge in [-0.2, -0.15) is 0 Å². The predicted molar refractivity (Wildman–Crippen MR) is 97.8 cm³/mol. The summed E-state index contributed by atoms with van der Waals surface area (Å²) >= 11 is 0. The van der Waals surface area contributed by atoms with Gasteiger partial charge in [-0.1, -0.05) is 31.2 Å². The van der Waals surface area contributed by atoms with Crippen LogP contribution in [0.5, 0.6) is 5.75 Å². The molecule has 0 spiro atoms. The Labute approximate surface area is 152 Å². The first-order valence-corrected chi connectivity index (χ1v) is 8.81. The normalized spacial score (nSPS) is 18.8. The van der Waals surface area contributed by atoms with E-state index < -0.39 is 18.0 Å². The summed E-state index contributed by atoms with van der Waals surface area (Å²) in [6.45, 7) is 3.09. The standard InChI is InChI=1S/C21H22O5/c1-3-21(9-8-13(2)22)11-14-10-17(26-12-18(23)24)15-6-4-5-7-16(15)19(14)20(21)25/h4-7,10H,3,8-9,11-12H2,1-2H3,(H,23,24). The van der Waals surface area contributed by atoms with Crippen LogP contribution in [0.2, 0.25) is 0 Å². The molecule has 1 aliphatic rings. The number of rotatable bonds is 7. The molecule has 2 aromatic carbocycles. The molecule has 136 valence electrons. The molecule has 0 fully saturated rings. The zero-order valence-electron chi connectivity index (χ0n) is 15.0. The molecule has 0 saturated carbocycles. The Morgan fingerprint density at radius 1 is 1.23 bits per heavy atom. The molecule has 0 saturated heterocycles. The molecule has 1 N–H and O–H groups in total. The van der Waals surface area contributed by atoms with Crippen molar-refractivity contribution in [3.8, 4) is 5.75 Å². The first-order valence-electron chi connectivity index (χ1n) is 8.81. The number of carbonyl (C=O) groups is 3. The summed E-state index contributed by atoms with van der Waals surface area (Å²) in [6.07, 6.45) is 2.13. The smallest absolute Gasteiger partial charge is 0.341 e. The number of Topliss-reactive ketones (excluding diaryl/α,β-unsaturated/α-hetero) is 2. The lowest BCUT2D eigenvalue weighted by molar-refractivity contribution is -0.139. The highest BCUT2D eigenvalue weighted by molar-refractivity contribution is 6.15. The quantitative estimate of drug-likeness (QED) is 0.818. The Kier molecular flexibility index (Phi) is 4.81. The van der Waals surface area contributed by atoms with Gasteiger partial charge >= 0.3 is 5.97 Å². The minimum Gasteiger partial charge on any atom is -0.481 e. The van der Waals surface area contributed by atoms with Gasteiger partial charge < -0.3 is 14.6 Å². The molecule has 0 radical (unpaired) electrons. The van der Waals surface area contributed by atoms with Crippen molar-refractivity contribution in [3.63, 3.8) is 0 Å². The second-order valence-electron chi connectivity index (χ2n) is 6.98. The fraction of sp³-hybridized carbons (Fsp3) is 0.381. The highest BCUT2D eigenvalue weighted by Gasteiger charge is 2.45. The van der Waals surface area contributed by atoms with Crippen LogP contribution in [-0.4, -0.2) is 29.2 Å². The first kappa shape index (κ1) is 18.1. The summed E-state index contributed by atoms with van der Waals surface area (Å²) in [5.41, 5.74) is 0.996. The number of carboxylic acids is 1. The molecule has 1 atom stereocenters. The lowest BCUT2D eigenvalue weighted by Gasteiger charge is -2.25. The van der Waals surface area contributed by atoms with E-state index in [-0.39, 0.29) is 11.6 Å². The molecule has 3 rings (SSSR count). The van der Waals surface area contributed by atoms with Crippen LogP contribution in [0.1, 0.15) is 49.0 Å². The van der Waals surface area contributed by atoms with Gasteiger partial charge in [-0.25, -0.2) is 4.79 Å². The number of ketones is 2. The van der Waals surface area contributed by atoms with Gasteiger partial charge in [0.1, 0.15) is 11.5 Å². The lowest BCUT2D eigenvalue weighted by Crippen LogP contribution is -2.28. The molecule has 2 aromatic rings. The molecule has 0 heterocycles. The highest BCUT2D eigenvalue weighted by Crippen LogP contribution is 2.47. The van der Waals surface area contributed by atoms with Crippen LogP contribution in [0.4, 0.5) is 0 Å². The number of hydrogen-bond acceptors (Lipinski definition) is 4.